The maximum atomic E-state index is 13.1. The monoisotopic (exact) mass is 274 g/mol. The maximum Gasteiger partial charge on any atom is 0.229 e. The van der Waals surface area contributed by atoms with Crippen molar-refractivity contribution in [2.75, 3.05) is 24.6 Å². The molecule has 1 aliphatic rings. The fourth-order valence-electron chi connectivity index (χ4n) is 1.71. The van der Waals surface area contributed by atoms with Crippen molar-refractivity contribution in [2.45, 2.75) is 6.42 Å². The van der Waals surface area contributed by atoms with Gasteiger partial charge in [-0.3, -0.25) is 0 Å². The molecule has 1 N–H and O–H groups in total. The highest BCUT2D eigenvalue weighted by Gasteiger charge is 2.27. The lowest BCUT2D eigenvalue weighted by molar-refractivity contribution is 0.238. The molecule has 0 aromatic carbocycles. The minimum Gasteiger partial charge on any atom is -0.396 e. The summed E-state index contributed by atoms with van der Waals surface area (Å²) in [5.74, 6) is 0.714. The summed E-state index contributed by atoms with van der Waals surface area (Å²) in [6.07, 6.45) is 0.815. The second kappa shape index (κ2) is 4.45. The number of aliphatic hydroxyl groups excluding tert-OH is 1. The Kier molecular flexibility index (Phi) is 3.21. The van der Waals surface area contributed by atoms with Crippen LogP contribution in [0.15, 0.2) is 16.6 Å². The number of anilines is 1. The fraction of sp³-hybridized carbons (Fsp3) is 0.500. The summed E-state index contributed by atoms with van der Waals surface area (Å²) >= 11 is 3.07. The van der Waals surface area contributed by atoms with Crippen LogP contribution < -0.4 is 4.90 Å². The summed E-state index contributed by atoms with van der Waals surface area (Å²) in [6.45, 7) is 1.93. The van der Waals surface area contributed by atoms with Gasteiger partial charge in [0, 0.05) is 19.7 Å². The zero-order valence-corrected chi connectivity index (χ0v) is 9.74. The normalized spacial score (nSPS) is 16.6. The molecule has 2 rings (SSSR count). The van der Waals surface area contributed by atoms with Crippen molar-refractivity contribution >= 4 is 21.7 Å². The van der Waals surface area contributed by atoms with Crippen molar-refractivity contribution < 1.29 is 9.50 Å². The number of hydrogen-bond donors (Lipinski definition) is 1. The van der Waals surface area contributed by atoms with Gasteiger partial charge in [0.2, 0.25) is 5.95 Å². The molecule has 1 fully saturated rings. The molecule has 1 aromatic heterocycles. The number of nitrogens with zero attached hydrogens (tertiary/aromatic N) is 2. The lowest BCUT2D eigenvalue weighted by Gasteiger charge is -2.40. The highest BCUT2D eigenvalue weighted by molar-refractivity contribution is 9.10. The molecule has 3 nitrogen and oxygen atoms in total. The third-order valence-corrected chi connectivity index (χ3v) is 3.20. The third kappa shape index (κ3) is 2.29. The molecule has 0 spiro atoms. The molecule has 1 aromatic rings. The zero-order chi connectivity index (χ0) is 10.8. The van der Waals surface area contributed by atoms with E-state index < -0.39 is 5.95 Å². The molecule has 0 radical (unpaired) electrons. The third-order valence-electron chi connectivity index (χ3n) is 2.61. The highest BCUT2D eigenvalue weighted by Crippen LogP contribution is 2.26. The molecular formula is C10H12BrFN2O. The Morgan fingerprint density at radius 2 is 2.27 bits per heavy atom. The van der Waals surface area contributed by atoms with Crippen LogP contribution in [-0.4, -0.2) is 29.8 Å². The first-order valence-electron chi connectivity index (χ1n) is 4.88. The van der Waals surface area contributed by atoms with Crippen molar-refractivity contribution in [1.82, 2.24) is 4.98 Å². The number of hydrogen-bond acceptors (Lipinski definition) is 3. The maximum absolute atomic E-state index is 13.1. The van der Waals surface area contributed by atoms with E-state index in [-0.39, 0.29) is 6.61 Å². The molecule has 15 heavy (non-hydrogen) atoms. The zero-order valence-electron chi connectivity index (χ0n) is 8.16. The van der Waals surface area contributed by atoms with Crippen molar-refractivity contribution in [1.29, 1.82) is 0 Å². The number of aliphatic hydroxyl groups is 1. The number of rotatable bonds is 3. The second-order valence-electron chi connectivity index (χ2n) is 3.73. The summed E-state index contributed by atoms with van der Waals surface area (Å²) in [4.78, 5) is 5.85. The van der Waals surface area contributed by atoms with E-state index in [0.29, 0.717) is 16.2 Å². The Bertz CT molecular complexity index is 355. The molecule has 0 unspecified atom stereocenters. The Balaban J connectivity index is 1.98. The van der Waals surface area contributed by atoms with E-state index in [1.807, 2.05) is 4.90 Å². The van der Waals surface area contributed by atoms with E-state index in [9.17, 15) is 4.39 Å². The van der Waals surface area contributed by atoms with Gasteiger partial charge in [0.15, 0.2) is 0 Å². The van der Waals surface area contributed by atoms with E-state index in [2.05, 4.69) is 20.9 Å². The van der Waals surface area contributed by atoms with Crippen molar-refractivity contribution in [3.63, 3.8) is 0 Å². The van der Waals surface area contributed by atoms with Crippen LogP contribution in [0.5, 0.6) is 0 Å². The van der Waals surface area contributed by atoms with Crippen LogP contribution in [0.4, 0.5) is 10.2 Å². The topological polar surface area (TPSA) is 36.4 Å². The van der Waals surface area contributed by atoms with Gasteiger partial charge in [0.25, 0.3) is 0 Å². The molecule has 0 saturated carbocycles. The SMILES string of the molecule is OCCC1CN(c2ccc(Br)c(F)n2)C1. The Morgan fingerprint density at radius 3 is 2.87 bits per heavy atom. The summed E-state index contributed by atoms with van der Waals surface area (Å²) in [6, 6.07) is 3.46. The molecule has 1 aliphatic heterocycles. The standard InChI is InChI=1S/C10H12BrFN2O/c11-8-1-2-9(13-10(8)12)14-5-7(6-14)3-4-15/h1-2,7,15H,3-6H2. The van der Waals surface area contributed by atoms with Gasteiger partial charge in [-0.2, -0.15) is 4.39 Å². The fourth-order valence-corrected chi connectivity index (χ4v) is 1.93. The average molecular weight is 275 g/mol. The number of aromatic nitrogens is 1. The van der Waals surface area contributed by atoms with Crippen LogP contribution in [0.25, 0.3) is 0 Å². The average Bonchev–Trinajstić information content (AvgIpc) is 2.16. The van der Waals surface area contributed by atoms with Gasteiger partial charge in [-0.05, 0) is 40.4 Å². The quantitative estimate of drug-likeness (QED) is 0.854. The van der Waals surface area contributed by atoms with E-state index in [1.165, 1.54) is 0 Å². The van der Waals surface area contributed by atoms with Gasteiger partial charge >= 0.3 is 0 Å². The van der Waals surface area contributed by atoms with Gasteiger partial charge in [-0.1, -0.05) is 0 Å². The van der Waals surface area contributed by atoms with Crippen molar-refractivity contribution in [2.24, 2.45) is 5.92 Å². The first-order chi connectivity index (χ1) is 7.20. The van der Waals surface area contributed by atoms with Crippen molar-refractivity contribution in [3.8, 4) is 0 Å². The van der Waals surface area contributed by atoms with Crippen LogP contribution in [0, 0.1) is 11.9 Å². The first-order valence-corrected chi connectivity index (χ1v) is 5.68. The molecule has 0 atom stereocenters. The Morgan fingerprint density at radius 1 is 1.53 bits per heavy atom. The van der Waals surface area contributed by atoms with E-state index in [1.54, 1.807) is 12.1 Å². The summed E-state index contributed by atoms with van der Waals surface area (Å²) in [5, 5.41) is 8.74. The molecule has 2 heterocycles. The smallest absolute Gasteiger partial charge is 0.229 e. The predicted molar refractivity (Wildman–Crippen MR) is 59.3 cm³/mol. The largest absolute Gasteiger partial charge is 0.396 e. The summed E-state index contributed by atoms with van der Waals surface area (Å²) in [5.41, 5.74) is 0. The van der Waals surface area contributed by atoms with Gasteiger partial charge < -0.3 is 10.0 Å². The highest BCUT2D eigenvalue weighted by atomic mass is 79.9. The van der Waals surface area contributed by atoms with Gasteiger partial charge in [-0.25, -0.2) is 4.98 Å². The summed E-state index contributed by atoms with van der Waals surface area (Å²) in [7, 11) is 0. The minimum absolute atomic E-state index is 0.223. The minimum atomic E-state index is -0.474. The number of pyridine rings is 1. The number of halogens is 2. The molecular weight excluding hydrogens is 263 g/mol. The first kappa shape index (κ1) is 10.8. The molecule has 1 saturated heterocycles. The molecule has 5 heteroatoms. The lowest BCUT2D eigenvalue weighted by atomic mass is 9.97. The van der Waals surface area contributed by atoms with Crippen LogP contribution in [-0.2, 0) is 0 Å². The Labute approximate surface area is 96.1 Å². The van der Waals surface area contributed by atoms with Gasteiger partial charge in [0.05, 0.1) is 4.47 Å². The second-order valence-corrected chi connectivity index (χ2v) is 4.58. The van der Waals surface area contributed by atoms with Gasteiger partial charge in [0.1, 0.15) is 5.82 Å². The predicted octanol–water partition coefficient (Wildman–Crippen LogP) is 1.80. The molecule has 82 valence electrons. The molecule has 0 aliphatic carbocycles. The Hall–Kier alpha value is -0.680. The van der Waals surface area contributed by atoms with Crippen LogP contribution in [0.3, 0.4) is 0 Å². The van der Waals surface area contributed by atoms with Crippen LogP contribution in [0.2, 0.25) is 0 Å². The lowest BCUT2D eigenvalue weighted by Crippen LogP contribution is -2.47. The van der Waals surface area contributed by atoms with Gasteiger partial charge in [-0.15, -0.1) is 0 Å². The van der Waals surface area contributed by atoms with Crippen LogP contribution in [0.1, 0.15) is 6.42 Å². The van der Waals surface area contributed by atoms with E-state index >= 15 is 0 Å². The van der Waals surface area contributed by atoms with Crippen molar-refractivity contribution in [3.05, 3.63) is 22.6 Å². The van der Waals surface area contributed by atoms with E-state index in [4.69, 9.17) is 5.11 Å². The van der Waals surface area contributed by atoms with Crippen LogP contribution >= 0.6 is 15.9 Å². The molecule has 0 bridgehead atoms. The molecule has 0 amide bonds. The summed E-state index contributed by atoms with van der Waals surface area (Å²) < 4.78 is 13.5. The van der Waals surface area contributed by atoms with E-state index in [0.717, 1.165) is 19.5 Å².